The summed E-state index contributed by atoms with van der Waals surface area (Å²) in [5.74, 6) is 0.133. The minimum atomic E-state index is -0.00949. The van der Waals surface area contributed by atoms with Gasteiger partial charge in [-0.05, 0) is 23.3 Å². The molecule has 0 aliphatic carbocycles. The molecule has 0 spiro atoms. The Labute approximate surface area is 105 Å². The molecule has 0 atom stereocenters. The Morgan fingerprint density at radius 3 is 2.67 bits per heavy atom. The van der Waals surface area contributed by atoms with Crippen LogP contribution >= 0.6 is 0 Å². The van der Waals surface area contributed by atoms with Crippen molar-refractivity contribution in [2.45, 2.75) is 13.1 Å². The molecule has 0 radical (unpaired) electrons. The summed E-state index contributed by atoms with van der Waals surface area (Å²) in [4.78, 5) is 14.0. The maximum Gasteiger partial charge on any atom is 0.254 e. The Morgan fingerprint density at radius 1 is 1.11 bits per heavy atom. The monoisotopic (exact) mass is 239 g/mol. The lowest BCUT2D eigenvalue weighted by Crippen LogP contribution is -2.23. The number of phenols is 1. The molecule has 0 bridgehead atoms. The summed E-state index contributed by atoms with van der Waals surface area (Å²) in [5, 5.41) is 9.42. The third kappa shape index (κ3) is 1.84. The smallest absolute Gasteiger partial charge is 0.254 e. The number of hydrogen-bond donors (Lipinski definition) is 1. The van der Waals surface area contributed by atoms with Gasteiger partial charge in [0.05, 0.1) is 0 Å². The molecule has 90 valence electrons. The summed E-state index contributed by atoms with van der Waals surface area (Å²) in [5.41, 5.74) is 2.71. The predicted octanol–water partition coefficient (Wildman–Crippen LogP) is 2.55. The Kier molecular flexibility index (Phi) is 2.52. The van der Waals surface area contributed by atoms with E-state index in [0.29, 0.717) is 18.7 Å². The lowest BCUT2D eigenvalue weighted by Gasteiger charge is -2.15. The molecule has 0 saturated carbocycles. The number of carbonyl (C=O) groups excluding carboxylic acids is 1. The van der Waals surface area contributed by atoms with Crippen molar-refractivity contribution in [3.63, 3.8) is 0 Å². The average Bonchev–Trinajstić information content (AvgIpc) is 2.68. The van der Waals surface area contributed by atoms with Gasteiger partial charge >= 0.3 is 0 Å². The fourth-order valence-corrected chi connectivity index (χ4v) is 2.28. The van der Waals surface area contributed by atoms with E-state index in [1.54, 1.807) is 17.0 Å². The van der Waals surface area contributed by atoms with Crippen LogP contribution in [0.15, 0.2) is 48.5 Å². The zero-order valence-corrected chi connectivity index (χ0v) is 9.84. The fraction of sp³-hybridized carbons (Fsp3) is 0.133. The van der Waals surface area contributed by atoms with Crippen LogP contribution in [0.2, 0.25) is 0 Å². The lowest BCUT2D eigenvalue weighted by atomic mass is 10.1. The normalized spacial score (nSPS) is 13.8. The fourth-order valence-electron chi connectivity index (χ4n) is 2.28. The molecular weight excluding hydrogens is 226 g/mol. The van der Waals surface area contributed by atoms with E-state index < -0.39 is 0 Å². The highest BCUT2D eigenvalue weighted by atomic mass is 16.3. The molecule has 0 fully saturated rings. The second-order valence-electron chi connectivity index (χ2n) is 4.49. The third-order valence-corrected chi connectivity index (χ3v) is 3.19. The third-order valence-electron chi connectivity index (χ3n) is 3.19. The molecule has 3 heteroatoms. The van der Waals surface area contributed by atoms with Crippen molar-refractivity contribution in [3.8, 4) is 5.75 Å². The van der Waals surface area contributed by atoms with Crippen LogP contribution in [-0.4, -0.2) is 15.9 Å². The molecule has 3 rings (SSSR count). The van der Waals surface area contributed by atoms with Gasteiger partial charge < -0.3 is 10.0 Å². The van der Waals surface area contributed by atoms with Crippen LogP contribution in [0.5, 0.6) is 5.75 Å². The molecule has 0 aromatic heterocycles. The number of rotatable bonds is 2. The summed E-state index contributed by atoms with van der Waals surface area (Å²) in [7, 11) is 0. The van der Waals surface area contributed by atoms with Gasteiger partial charge in [0.2, 0.25) is 0 Å². The molecule has 1 aliphatic rings. The van der Waals surface area contributed by atoms with Gasteiger partial charge in [0, 0.05) is 18.7 Å². The molecule has 1 aliphatic heterocycles. The molecule has 18 heavy (non-hydrogen) atoms. The predicted molar refractivity (Wildman–Crippen MR) is 68.1 cm³/mol. The Hall–Kier alpha value is -2.29. The van der Waals surface area contributed by atoms with Crippen LogP contribution in [0.25, 0.3) is 0 Å². The highest BCUT2D eigenvalue weighted by Crippen LogP contribution is 2.27. The van der Waals surface area contributed by atoms with E-state index in [1.165, 1.54) is 0 Å². The van der Waals surface area contributed by atoms with Gasteiger partial charge in [-0.2, -0.15) is 0 Å². The van der Waals surface area contributed by atoms with Crippen molar-refractivity contribution < 1.29 is 9.90 Å². The van der Waals surface area contributed by atoms with Crippen molar-refractivity contribution >= 4 is 5.91 Å². The number of amides is 1. The first kappa shape index (κ1) is 10.8. The molecule has 1 heterocycles. The maximum absolute atomic E-state index is 12.2. The van der Waals surface area contributed by atoms with Crippen molar-refractivity contribution in [1.29, 1.82) is 0 Å². The highest BCUT2D eigenvalue weighted by Gasteiger charge is 2.27. The first-order valence-electron chi connectivity index (χ1n) is 5.89. The number of benzene rings is 2. The summed E-state index contributed by atoms with van der Waals surface area (Å²) in [6.45, 7) is 1.22. The van der Waals surface area contributed by atoms with Crippen LogP contribution in [0, 0.1) is 0 Å². The zero-order chi connectivity index (χ0) is 12.5. The number of aromatic hydroxyl groups is 1. The minimum absolute atomic E-state index is 0.00949. The summed E-state index contributed by atoms with van der Waals surface area (Å²) in [6.07, 6.45) is 0. The second kappa shape index (κ2) is 4.18. The first-order valence-corrected chi connectivity index (χ1v) is 5.89. The second-order valence-corrected chi connectivity index (χ2v) is 4.49. The number of fused-ring (bicyclic) bond motifs is 1. The van der Waals surface area contributed by atoms with Crippen molar-refractivity contribution in [3.05, 3.63) is 65.2 Å². The SMILES string of the molecule is O=C1c2cc(O)ccc2CN1Cc1ccccc1. The number of carbonyl (C=O) groups is 1. The van der Waals surface area contributed by atoms with Gasteiger partial charge in [-0.1, -0.05) is 36.4 Å². The van der Waals surface area contributed by atoms with E-state index in [1.807, 2.05) is 36.4 Å². The Bertz CT molecular complexity index is 593. The summed E-state index contributed by atoms with van der Waals surface area (Å²) >= 11 is 0. The average molecular weight is 239 g/mol. The Balaban J connectivity index is 1.85. The van der Waals surface area contributed by atoms with Crippen molar-refractivity contribution in [2.75, 3.05) is 0 Å². The molecule has 2 aromatic rings. The Morgan fingerprint density at radius 2 is 1.89 bits per heavy atom. The number of phenolic OH excluding ortho intramolecular Hbond substituents is 1. The van der Waals surface area contributed by atoms with E-state index in [2.05, 4.69) is 0 Å². The van der Waals surface area contributed by atoms with E-state index >= 15 is 0 Å². The quantitative estimate of drug-likeness (QED) is 0.874. The molecule has 0 unspecified atom stereocenters. The molecule has 2 aromatic carbocycles. The van der Waals surface area contributed by atoms with Gasteiger partial charge in [-0.15, -0.1) is 0 Å². The lowest BCUT2D eigenvalue weighted by molar-refractivity contribution is 0.0766. The van der Waals surface area contributed by atoms with E-state index in [-0.39, 0.29) is 11.7 Å². The van der Waals surface area contributed by atoms with E-state index in [4.69, 9.17) is 0 Å². The number of hydrogen-bond acceptors (Lipinski definition) is 2. The van der Waals surface area contributed by atoms with E-state index in [9.17, 15) is 9.90 Å². The van der Waals surface area contributed by atoms with Crippen molar-refractivity contribution in [2.24, 2.45) is 0 Å². The van der Waals surface area contributed by atoms with Gasteiger partial charge in [-0.25, -0.2) is 0 Å². The van der Waals surface area contributed by atoms with Crippen molar-refractivity contribution in [1.82, 2.24) is 4.90 Å². The van der Waals surface area contributed by atoms with Crippen LogP contribution in [0.3, 0.4) is 0 Å². The maximum atomic E-state index is 12.2. The van der Waals surface area contributed by atoms with Gasteiger partial charge in [0.25, 0.3) is 5.91 Å². The van der Waals surface area contributed by atoms with Gasteiger partial charge in [-0.3, -0.25) is 4.79 Å². The standard InChI is InChI=1S/C15H13NO2/c17-13-7-6-12-10-16(15(18)14(12)8-13)9-11-4-2-1-3-5-11/h1-8,17H,9-10H2. The summed E-state index contributed by atoms with van der Waals surface area (Å²) in [6, 6.07) is 14.9. The molecule has 0 saturated heterocycles. The zero-order valence-electron chi connectivity index (χ0n) is 9.84. The van der Waals surface area contributed by atoms with E-state index in [0.717, 1.165) is 11.1 Å². The van der Waals surface area contributed by atoms with Gasteiger partial charge in [0.15, 0.2) is 0 Å². The topological polar surface area (TPSA) is 40.5 Å². The molecular formula is C15H13NO2. The summed E-state index contributed by atoms with van der Waals surface area (Å²) < 4.78 is 0. The van der Waals surface area contributed by atoms with Crippen LogP contribution in [0.4, 0.5) is 0 Å². The van der Waals surface area contributed by atoms with Crippen LogP contribution < -0.4 is 0 Å². The molecule has 1 N–H and O–H groups in total. The highest BCUT2D eigenvalue weighted by molar-refractivity contribution is 5.98. The molecule has 1 amide bonds. The first-order chi connectivity index (χ1) is 8.74. The molecule has 3 nitrogen and oxygen atoms in total. The van der Waals surface area contributed by atoms with Crippen LogP contribution in [-0.2, 0) is 13.1 Å². The van der Waals surface area contributed by atoms with Crippen LogP contribution in [0.1, 0.15) is 21.5 Å². The van der Waals surface area contributed by atoms with Gasteiger partial charge in [0.1, 0.15) is 5.75 Å². The number of nitrogens with zero attached hydrogens (tertiary/aromatic N) is 1. The minimum Gasteiger partial charge on any atom is -0.508 e. The largest absolute Gasteiger partial charge is 0.508 e.